The Morgan fingerprint density at radius 2 is 1.43 bits per heavy atom. The second-order valence-corrected chi connectivity index (χ2v) is 12.9. The number of anilines is 1. The van der Waals surface area contributed by atoms with E-state index in [2.05, 4.69) is 5.32 Å². The number of nitrogens with one attached hydrogen (secondary N) is 1. The van der Waals surface area contributed by atoms with Crippen LogP contribution in [-0.2, 0) is 32.6 Å². The molecule has 0 aliphatic heterocycles. The molecular weight excluding hydrogens is 594 g/mol. The van der Waals surface area contributed by atoms with Crippen LogP contribution in [0.25, 0.3) is 0 Å². The van der Waals surface area contributed by atoms with Crippen molar-refractivity contribution in [3.63, 3.8) is 0 Å². The number of halogens is 1. The first-order valence-electron chi connectivity index (χ1n) is 14.7. The van der Waals surface area contributed by atoms with Crippen molar-refractivity contribution in [1.82, 2.24) is 10.2 Å². The molecule has 0 saturated carbocycles. The SMILES string of the molecule is CCCCNC(=O)[C@@H](Cc1ccccc1)N(Cc1ccccc1)C(=O)CN(c1ccc(Cl)cc1C)S(=O)(=O)c1ccccc1. The quantitative estimate of drug-likeness (QED) is 0.163. The van der Waals surface area contributed by atoms with Gasteiger partial charge in [-0.1, -0.05) is 104 Å². The summed E-state index contributed by atoms with van der Waals surface area (Å²) >= 11 is 6.22. The van der Waals surface area contributed by atoms with E-state index in [4.69, 9.17) is 11.6 Å². The lowest BCUT2D eigenvalue weighted by Gasteiger charge is -2.34. The third kappa shape index (κ3) is 8.49. The molecule has 230 valence electrons. The summed E-state index contributed by atoms with van der Waals surface area (Å²) in [6, 6.07) is 30.9. The Balaban J connectivity index is 1.79. The van der Waals surface area contributed by atoms with Crippen LogP contribution in [0.2, 0.25) is 5.02 Å². The Bertz CT molecular complexity index is 1630. The maximum absolute atomic E-state index is 14.5. The predicted octanol–water partition coefficient (Wildman–Crippen LogP) is 6.40. The molecule has 4 rings (SSSR count). The van der Waals surface area contributed by atoms with Crippen LogP contribution in [0.15, 0.2) is 114 Å². The summed E-state index contributed by atoms with van der Waals surface area (Å²) in [5.74, 6) is -0.791. The van der Waals surface area contributed by atoms with Crippen molar-refractivity contribution in [3.8, 4) is 0 Å². The monoisotopic (exact) mass is 631 g/mol. The largest absolute Gasteiger partial charge is 0.354 e. The standard InChI is InChI=1S/C35H38ClN3O4S/c1-3-4-22-37-35(41)33(24-28-14-8-5-9-15-28)38(25-29-16-10-6-11-17-29)34(40)26-39(32-21-20-30(36)23-27(32)2)44(42,43)31-18-12-7-13-19-31/h5-21,23,33H,3-4,22,24-26H2,1-2H3,(H,37,41)/t33-/m1/s1. The predicted molar refractivity (Wildman–Crippen MR) is 176 cm³/mol. The summed E-state index contributed by atoms with van der Waals surface area (Å²) in [4.78, 5) is 29.8. The molecule has 4 aromatic rings. The number of sulfonamides is 1. The van der Waals surface area contributed by atoms with Crippen LogP contribution in [-0.4, -0.2) is 44.3 Å². The summed E-state index contributed by atoms with van der Waals surface area (Å²) in [6.45, 7) is 3.88. The van der Waals surface area contributed by atoms with Gasteiger partial charge < -0.3 is 10.2 Å². The highest BCUT2D eigenvalue weighted by Crippen LogP contribution is 2.29. The first kappa shape index (κ1) is 32.8. The zero-order valence-corrected chi connectivity index (χ0v) is 26.6. The molecule has 0 aliphatic rings. The summed E-state index contributed by atoms with van der Waals surface area (Å²) in [5.41, 5.74) is 2.63. The van der Waals surface area contributed by atoms with Gasteiger partial charge >= 0.3 is 0 Å². The molecule has 0 saturated heterocycles. The van der Waals surface area contributed by atoms with Crippen molar-refractivity contribution in [1.29, 1.82) is 0 Å². The van der Waals surface area contributed by atoms with Gasteiger partial charge in [0, 0.05) is 24.5 Å². The Morgan fingerprint density at radius 1 is 0.841 bits per heavy atom. The average Bonchev–Trinajstić information content (AvgIpc) is 3.03. The van der Waals surface area contributed by atoms with E-state index in [0.717, 1.165) is 28.3 Å². The lowest BCUT2D eigenvalue weighted by atomic mass is 10.0. The maximum Gasteiger partial charge on any atom is 0.264 e. The van der Waals surface area contributed by atoms with Crippen LogP contribution in [0.1, 0.15) is 36.5 Å². The molecule has 7 nitrogen and oxygen atoms in total. The molecular formula is C35H38ClN3O4S. The topological polar surface area (TPSA) is 86.8 Å². The van der Waals surface area contributed by atoms with E-state index in [1.165, 1.54) is 17.0 Å². The van der Waals surface area contributed by atoms with Crippen molar-refractivity contribution in [2.75, 3.05) is 17.4 Å². The third-order valence-corrected chi connectivity index (χ3v) is 9.34. The second-order valence-electron chi connectivity index (χ2n) is 10.6. The molecule has 0 aliphatic carbocycles. The van der Waals surface area contributed by atoms with Crippen LogP contribution >= 0.6 is 11.6 Å². The zero-order valence-electron chi connectivity index (χ0n) is 25.0. The van der Waals surface area contributed by atoms with Crippen LogP contribution in [0.5, 0.6) is 0 Å². The normalized spacial score (nSPS) is 11.9. The van der Waals surface area contributed by atoms with Gasteiger partial charge in [-0.15, -0.1) is 0 Å². The second kappa shape index (κ2) is 15.5. The van der Waals surface area contributed by atoms with Gasteiger partial charge in [-0.2, -0.15) is 0 Å². The molecule has 44 heavy (non-hydrogen) atoms. The van der Waals surface area contributed by atoms with Crippen molar-refractivity contribution in [2.45, 2.75) is 50.6 Å². The first-order chi connectivity index (χ1) is 21.2. The summed E-state index contributed by atoms with van der Waals surface area (Å²) in [5, 5.41) is 3.45. The van der Waals surface area contributed by atoms with Crippen molar-refractivity contribution >= 4 is 39.1 Å². The van der Waals surface area contributed by atoms with E-state index >= 15 is 0 Å². The molecule has 0 aromatic heterocycles. The molecule has 0 fully saturated rings. The number of rotatable bonds is 14. The molecule has 0 bridgehead atoms. The van der Waals surface area contributed by atoms with Gasteiger partial charge in [-0.05, 0) is 60.4 Å². The molecule has 4 aromatic carbocycles. The van der Waals surface area contributed by atoms with Gasteiger partial charge in [0.05, 0.1) is 10.6 Å². The highest BCUT2D eigenvalue weighted by Gasteiger charge is 2.35. The molecule has 0 heterocycles. The minimum Gasteiger partial charge on any atom is -0.354 e. The summed E-state index contributed by atoms with van der Waals surface area (Å²) in [6.07, 6.45) is 1.97. The number of hydrogen-bond acceptors (Lipinski definition) is 4. The molecule has 0 spiro atoms. The highest BCUT2D eigenvalue weighted by molar-refractivity contribution is 7.92. The lowest BCUT2D eigenvalue weighted by molar-refractivity contribution is -0.140. The molecule has 2 amide bonds. The van der Waals surface area contributed by atoms with Crippen molar-refractivity contribution < 1.29 is 18.0 Å². The number of aryl methyl sites for hydroxylation is 1. The van der Waals surface area contributed by atoms with Gasteiger partial charge in [0.25, 0.3) is 10.0 Å². The number of nitrogens with zero attached hydrogens (tertiary/aromatic N) is 2. The van der Waals surface area contributed by atoms with Gasteiger partial charge in [0.1, 0.15) is 12.6 Å². The fourth-order valence-electron chi connectivity index (χ4n) is 4.97. The van der Waals surface area contributed by atoms with Gasteiger partial charge in [-0.3, -0.25) is 13.9 Å². The number of hydrogen-bond donors (Lipinski definition) is 1. The number of carbonyl (C=O) groups excluding carboxylic acids is 2. The zero-order chi connectivity index (χ0) is 31.5. The number of carbonyl (C=O) groups is 2. The van der Waals surface area contributed by atoms with Crippen LogP contribution in [0, 0.1) is 6.92 Å². The van der Waals surface area contributed by atoms with E-state index in [1.807, 2.05) is 67.6 Å². The average molecular weight is 632 g/mol. The smallest absolute Gasteiger partial charge is 0.264 e. The van der Waals surface area contributed by atoms with E-state index in [-0.39, 0.29) is 23.8 Å². The van der Waals surface area contributed by atoms with E-state index in [9.17, 15) is 18.0 Å². The maximum atomic E-state index is 14.5. The Labute approximate surface area is 265 Å². The van der Waals surface area contributed by atoms with Crippen LogP contribution < -0.4 is 9.62 Å². The minimum absolute atomic E-state index is 0.0508. The molecule has 0 radical (unpaired) electrons. The molecule has 9 heteroatoms. The first-order valence-corrected chi connectivity index (χ1v) is 16.5. The number of unbranched alkanes of at least 4 members (excludes halogenated alkanes) is 1. The van der Waals surface area contributed by atoms with Crippen LogP contribution in [0.3, 0.4) is 0 Å². The van der Waals surface area contributed by atoms with Gasteiger partial charge in [0.15, 0.2) is 0 Å². The highest BCUT2D eigenvalue weighted by atomic mass is 35.5. The Morgan fingerprint density at radius 3 is 2.02 bits per heavy atom. The summed E-state index contributed by atoms with van der Waals surface area (Å²) < 4.78 is 29.3. The van der Waals surface area contributed by atoms with E-state index < -0.39 is 28.5 Å². The van der Waals surface area contributed by atoms with Crippen molar-refractivity contribution in [2.24, 2.45) is 0 Å². The molecule has 0 unspecified atom stereocenters. The Hall–Kier alpha value is -4.14. The van der Waals surface area contributed by atoms with Gasteiger partial charge in [0.2, 0.25) is 11.8 Å². The molecule has 1 atom stereocenters. The fraction of sp³-hybridized carbons (Fsp3) is 0.257. The fourth-order valence-corrected chi connectivity index (χ4v) is 6.70. The molecule has 1 N–H and O–H groups in total. The minimum atomic E-state index is -4.17. The summed E-state index contributed by atoms with van der Waals surface area (Å²) in [7, 11) is -4.17. The van der Waals surface area contributed by atoms with Gasteiger partial charge in [-0.25, -0.2) is 8.42 Å². The number of benzene rings is 4. The van der Waals surface area contributed by atoms with E-state index in [1.54, 1.807) is 43.3 Å². The van der Waals surface area contributed by atoms with Crippen LogP contribution in [0.4, 0.5) is 5.69 Å². The van der Waals surface area contributed by atoms with E-state index in [0.29, 0.717) is 22.8 Å². The number of amides is 2. The Kier molecular flexibility index (Phi) is 11.6. The third-order valence-electron chi connectivity index (χ3n) is 7.33. The van der Waals surface area contributed by atoms with Crippen molar-refractivity contribution in [3.05, 3.63) is 131 Å². The lowest BCUT2D eigenvalue weighted by Crippen LogP contribution is -2.53.